The first kappa shape index (κ1) is 20.0. The van der Waals surface area contributed by atoms with Gasteiger partial charge in [-0.05, 0) is 24.3 Å². The molecular weight excluding hydrogens is 404 g/mol. The second kappa shape index (κ2) is 8.29. The normalized spacial score (nSPS) is 26.0. The monoisotopic (exact) mass is 428 g/mol. The minimum atomic E-state index is -0.276. The van der Waals surface area contributed by atoms with Gasteiger partial charge in [-0.25, -0.2) is 9.97 Å². The minimum Gasteiger partial charge on any atom is -0.454 e. The van der Waals surface area contributed by atoms with E-state index < -0.39 is 0 Å². The van der Waals surface area contributed by atoms with Gasteiger partial charge in [0.05, 0.1) is 24.9 Å². The van der Waals surface area contributed by atoms with Crippen molar-refractivity contribution in [2.24, 2.45) is 0 Å². The number of carbonyl (C=O) groups excluding carboxylic acids is 1. The highest BCUT2D eigenvalue weighted by Gasteiger charge is 2.48. The topological polar surface area (TPSA) is 104 Å². The summed E-state index contributed by atoms with van der Waals surface area (Å²) in [6.07, 6.45) is 1.000. The van der Waals surface area contributed by atoms with Crippen LogP contribution in [0.1, 0.15) is 0 Å². The van der Waals surface area contributed by atoms with Crippen molar-refractivity contribution < 1.29 is 28.5 Å². The molecule has 1 aromatic heterocycles. The van der Waals surface area contributed by atoms with Crippen LogP contribution in [-0.2, 0) is 19.0 Å². The molecular formula is C21H24N4O6. The first-order valence-electron chi connectivity index (χ1n) is 10.1. The minimum absolute atomic E-state index is 0.00634. The second-order valence-corrected chi connectivity index (χ2v) is 7.82. The summed E-state index contributed by atoms with van der Waals surface area (Å²) in [5, 5.41) is 3.32. The smallest absolute Gasteiger partial charge is 0.248 e. The Morgan fingerprint density at radius 1 is 1.16 bits per heavy atom. The summed E-state index contributed by atoms with van der Waals surface area (Å²) in [7, 11) is 3.40. The number of carbonyl (C=O) groups is 1. The van der Waals surface area contributed by atoms with E-state index in [2.05, 4.69) is 15.3 Å². The molecule has 0 radical (unpaired) electrons. The van der Waals surface area contributed by atoms with Gasteiger partial charge in [0.2, 0.25) is 18.6 Å². The zero-order valence-corrected chi connectivity index (χ0v) is 17.3. The van der Waals surface area contributed by atoms with E-state index in [4.69, 9.17) is 23.7 Å². The van der Waals surface area contributed by atoms with Crippen LogP contribution in [0, 0.1) is 0 Å². The fraction of sp³-hybridized carbons (Fsp3) is 0.476. The molecule has 31 heavy (non-hydrogen) atoms. The second-order valence-electron chi connectivity index (χ2n) is 7.82. The molecule has 3 aliphatic heterocycles. The maximum Gasteiger partial charge on any atom is 0.248 e. The van der Waals surface area contributed by atoms with Crippen LogP contribution in [0.25, 0.3) is 11.3 Å². The summed E-state index contributed by atoms with van der Waals surface area (Å²) in [6, 6.07) is 7.44. The average Bonchev–Trinajstić information content (AvgIpc) is 3.49. The van der Waals surface area contributed by atoms with Crippen LogP contribution in [0.5, 0.6) is 11.5 Å². The molecule has 4 atom stereocenters. The summed E-state index contributed by atoms with van der Waals surface area (Å²) in [4.78, 5) is 22.3. The van der Waals surface area contributed by atoms with E-state index in [0.717, 1.165) is 17.0 Å². The SMILES string of the molecule is CN(C)C(=O)CO[C@H]1CO[C@@H]2[C@@H]1OC[C@@H]2Nc1nccc(-c2ccc3c(c2)OCO3)n1. The highest BCUT2D eigenvalue weighted by atomic mass is 16.7. The maximum absolute atomic E-state index is 11.8. The van der Waals surface area contributed by atoms with Gasteiger partial charge < -0.3 is 33.9 Å². The summed E-state index contributed by atoms with van der Waals surface area (Å²) in [5.41, 5.74) is 1.67. The molecule has 2 saturated heterocycles. The lowest BCUT2D eigenvalue weighted by Crippen LogP contribution is -2.38. The van der Waals surface area contributed by atoms with Crippen molar-refractivity contribution in [3.05, 3.63) is 30.5 Å². The summed E-state index contributed by atoms with van der Waals surface area (Å²) < 4.78 is 28.4. The molecule has 10 heteroatoms. The number of nitrogens with one attached hydrogen (secondary N) is 1. The van der Waals surface area contributed by atoms with Crippen LogP contribution in [0.2, 0.25) is 0 Å². The van der Waals surface area contributed by atoms with Crippen molar-refractivity contribution in [3.8, 4) is 22.8 Å². The van der Waals surface area contributed by atoms with Crippen molar-refractivity contribution in [2.45, 2.75) is 24.4 Å². The number of hydrogen-bond donors (Lipinski definition) is 1. The third-order valence-corrected chi connectivity index (χ3v) is 5.57. The molecule has 0 saturated carbocycles. The number of fused-ring (bicyclic) bond motifs is 2. The van der Waals surface area contributed by atoms with E-state index in [-0.39, 0.29) is 43.7 Å². The van der Waals surface area contributed by atoms with E-state index in [1.54, 1.807) is 20.3 Å². The molecule has 1 N–H and O–H groups in total. The average molecular weight is 428 g/mol. The lowest BCUT2D eigenvalue weighted by molar-refractivity contribution is -0.137. The third-order valence-electron chi connectivity index (χ3n) is 5.57. The standard InChI is InChI=1S/C21H24N4O6/c1-25(2)18(26)10-27-17-9-29-19-14(8-28-20(17)19)24-21-22-6-5-13(23-21)12-3-4-15-16(7-12)31-11-30-15/h3-7,14,17,19-20H,8-11H2,1-2H3,(H,22,23,24)/t14-,17-,19-,20+/m0/s1. The number of likely N-dealkylation sites (N-methyl/N-ethyl adjacent to an activating group) is 1. The molecule has 0 bridgehead atoms. The zero-order valence-electron chi connectivity index (χ0n) is 17.3. The molecule has 3 aliphatic rings. The number of ether oxygens (including phenoxy) is 5. The van der Waals surface area contributed by atoms with Gasteiger partial charge in [-0.15, -0.1) is 0 Å². The van der Waals surface area contributed by atoms with Gasteiger partial charge in [0.1, 0.15) is 24.9 Å². The van der Waals surface area contributed by atoms with Crippen molar-refractivity contribution in [1.29, 1.82) is 0 Å². The molecule has 1 amide bonds. The third kappa shape index (κ3) is 4.01. The molecule has 10 nitrogen and oxygen atoms in total. The van der Waals surface area contributed by atoms with Crippen LogP contribution in [-0.4, -0.2) is 85.8 Å². The number of aromatic nitrogens is 2. The van der Waals surface area contributed by atoms with Gasteiger partial charge >= 0.3 is 0 Å². The molecule has 2 aromatic rings. The van der Waals surface area contributed by atoms with Crippen LogP contribution in [0.15, 0.2) is 30.5 Å². The lowest BCUT2D eigenvalue weighted by Gasteiger charge is -2.18. The Bertz CT molecular complexity index is 971. The Balaban J connectivity index is 1.23. The summed E-state index contributed by atoms with van der Waals surface area (Å²) >= 11 is 0. The summed E-state index contributed by atoms with van der Waals surface area (Å²) in [6.45, 7) is 1.06. The number of rotatable bonds is 6. The quantitative estimate of drug-likeness (QED) is 0.719. The van der Waals surface area contributed by atoms with Crippen molar-refractivity contribution in [3.63, 3.8) is 0 Å². The first-order valence-corrected chi connectivity index (χ1v) is 10.1. The summed E-state index contributed by atoms with van der Waals surface area (Å²) in [5.74, 6) is 1.83. The number of hydrogen-bond acceptors (Lipinski definition) is 9. The van der Waals surface area contributed by atoms with Gasteiger partial charge in [-0.1, -0.05) is 0 Å². The van der Waals surface area contributed by atoms with Crippen molar-refractivity contribution in [1.82, 2.24) is 14.9 Å². The molecule has 1 aromatic carbocycles. The first-order chi connectivity index (χ1) is 15.1. The van der Waals surface area contributed by atoms with Crippen molar-refractivity contribution in [2.75, 3.05) is 46.0 Å². The van der Waals surface area contributed by atoms with Crippen LogP contribution in [0.4, 0.5) is 5.95 Å². The van der Waals surface area contributed by atoms with E-state index >= 15 is 0 Å². The number of nitrogens with zero attached hydrogens (tertiary/aromatic N) is 3. The van der Waals surface area contributed by atoms with E-state index in [9.17, 15) is 4.79 Å². The van der Waals surface area contributed by atoms with Gasteiger partial charge in [0.25, 0.3) is 0 Å². The van der Waals surface area contributed by atoms with E-state index in [1.807, 2.05) is 24.3 Å². The Kier molecular flexibility index (Phi) is 5.34. The Hall–Kier alpha value is -2.95. The largest absolute Gasteiger partial charge is 0.454 e. The number of anilines is 1. The van der Waals surface area contributed by atoms with E-state index in [0.29, 0.717) is 24.9 Å². The Morgan fingerprint density at radius 3 is 2.87 bits per heavy atom. The number of benzene rings is 1. The van der Waals surface area contributed by atoms with Gasteiger partial charge in [0.15, 0.2) is 11.5 Å². The molecule has 164 valence electrons. The van der Waals surface area contributed by atoms with Crippen LogP contribution < -0.4 is 14.8 Å². The van der Waals surface area contributed by atoms with Crippen molar-refractivity contribution >= 4 is 11.9 Å². The zero-order chi connectivity index (χ0) is 21.4. The molecule has 0 unspecified atom stereocenters. The van der Waals surface area contributed by atoms with Gasteiger partial charge in [-0.2, -0.15) is 0 Å². The fourth-order valence-electron chi connectivity index (χ4n) is 3.85. The van der Waals surface area contributed by atoms with Gasteiger partial charge in [-0.3, -0.25) is 4.79 Å². The Morgan fingerprint density at radius 2 is 2.00 bits per heavy atom. The number of amides is 1. The van der Waals surface area contributed by atoms with E-state index in [1.165, 1.54) is 4.90 Å². The molecule has 0 aliphatic carbocycles. The molecule has 5 rings (SSSR count). The van der Waals surface area contributed by atoms with Gasteiger partial charge in [0, 0.05) is 25.9 Å². The van der Waals surface area contributed by atoms with Crippen LogP contribution >= 0.6 is 0 Å². The maximum atomic E-state index is 11.8. The molecule has 4 heterocycles. The molecule has 0 spiro atoms. The lowest BCUT2D eigenvalue weighted by atomic mass is 10.1. The van der Waals surface area contributed by atoms with Crippen LogP contribution in [0.3, 0.4) is 0 Å². The molecule has 2 fully saturated rings. The Labute approximate surface area is 179 Å². The predicted octanol–water partition coefficient (Wildman–Crippen LogP) is 0.924. The fourth-order valence-corrected chi connectivity index (χ4v) is 3.85. The predicted molar refractivity (Wildman–Crippen MR) is 109 cm³/mol. The highest BCUT2D eigenvalue weighted by molar-refractivity contribution is 5.76. The highest BCUT2D eigenvalue weighted by Crippen LogP contribution is 2.35.